The second-order valence-corrected chi connectivity index (χ2v) is 8.59. The first kappa shape index (κ1) is 21.7. The molecule has 1 aliphatic heterocycles. The van der Waals surface area contributed by atoms with Crippen LogP contribution in [0.25, 0.3) is 0 Å². The van der Waals surface area contributed by atoms with Crippen molar-refractivity contribution in [2.75, 3.05) is 4.90 Å². The van der Waals surface area contributed by atoms with Gasteiger partial charge < -0.3 is 5.32 Å². The molecular formula is C24H25N3O2S. The lowest BCUT2D eigenvalue weighted by Crippen LogP contribution is -2.31. The normalized spacial score (nSPS) is 17.8. The van der Waals surface area contributed by atoms with Crippen molar-refractivity contribution in [1.29, 1.82) is 5.26 Å². The number of anilines is 1. The van der Waals surface area contributed by atoms with Crippen LogP contribution in [0.1, 0.15) is 44.2 Å². The van der Waals surface area contributed by atoms with Gasteiger partial charge in [0.2, 0.25) is 5.91 Å². The Kier molecular flexibility index (Phi) is 6.96. The summed E-state index contributed by atoms with van der Waals surface area (Å²) in [6.45, 7) is 6.46. The van der Waals surface area contributed by atoms with Gasteiger partial charge in [0.05, 0.1) is 5.25 Å². The molecule has 0 aliphatic carbocycles. The summed E-state index contributed by atoms with van der Waals surface area (Å²) in [5, 5.41) is 12.7. The molecule has 2 amide bonds. The number of nitrogens with one attached hydrogen (secondary N) is 1. The number of nitrogens with zero attached hydrogens (tertiary/aromatic N) is 2. The van der Waals surface area contributed by atoms with Crippen LogP contribution in [0.5, 0.6) is 0 Å². The number of hydrogen-bond acceptors (Lipinski definition) is 4. The fraction of sp³-hybridized carbons (Fsp3) is 0.292. The highest BCUT2D eigenvalue weighted by Gasteiger charge is 2.39. The van der Waals surface area contributed by atoms with Crippen LogP contribution in [0.2, 0.25) is 0 Å². The molecule has 3 rings (SSSR count). The molecule has 1 heterocycles. The molecule has 30 heavy (non-hydrogen) atoms. The monoisotopic (exact) mass is 419 g/mol. The third-order valence-electron chi connectivity index (χ3n) is 4.99. The second-order valence-electron chi connectivity index (χ2n) is 7.39. The Morgan fingerprint density at radius 3 is 2.40 bits per heavy atom. The molecular weight excluding hydrogens is 394 g/mol. The molecule has 0 saturated carbocycles. The molecule has 1 N–H and O–H groups in total. The van der Waals surface area contributed by atoms with Crippen LogP contribution in [-0.4, -0.2) is 17.1 Å². The first-order chi connectivity index (χ1) is 14.5. The number of carbonyl (C=O) groups excluding carboxylic acids is 2. The van der Waals surface area contributed by atoms with Crippen LogP contribution >= 0.6 is 11.8 Å². The maximum absolute atomic E-state index is 13.0. The molecule has 0 spiro atoms. The predicted molar refractivity (Wildman–Crippen MR) is 121 cm³/mol. The number of amides is 2. The lowest BCUT2D eigenvalue weighted by Gasteiger charge is -2.19. The fourth-order valence-corrected chi connectivity index (χ4v) is 4.43. The van der Waals surface area contributed by atoms with Crippen molar-refractivity contribution >= 4 is 29.3 Å². The van der Waals surface area contributed by atoms with Crippen molar-refractivity contribution in [3.05, 3.63) is 76.3 Å². The fourth-order valence-electron chi connectivity index (χ4n) is 3.23. The zero-order valence-electron chi connectivity index (χ0n) is 17.4. The van der Waals surface area contributed by atoms with Crippen LogP contribution in [0.3, 0.4) is 0 Å². The van der Waals surface area contributed by atoms with Crippen LogP contribution in [0, 0.1) is 11.3 Å². The van der Waals surface area contributed by atoms with Crippen molar-refractivity contribution in [1.82, 2.24) is 5.32 Å². The number of nitriles is 1. The van der Waals surface area contributed by atoms with E-state index in [1.165, 1.54) is 16.7 Å². The highest BCUT2D eigenvalue weighted by atomic mass is 32.2. The van der Waals surface area contributed by atoms with Crippen LogP contribution in [0.15, 0.2) is 65.2 Å². The van der Waals surface area contributed by atoms with Gasteiger partial charge in [-0.1, -0.05) is 75.0 Å². The largest absolute Gasteiger partial charge is 0.347 e. The molecule has 1 atom stereocenters. The molecule has 1 fully saturated rings. The van der Waals surface area contributed by atoms with E-state index in [4.69, 9.17) is 0 Å². The third kappa shape index (κ3) is 4.58. The van der Waals surface area contributed by atoms with Crippen molar-refractivity contribution in [3.8, 4) is 6.07 Å². The maximum Gasteiger partial charge on any atom is 0.264 e. The molecule has 0 bridgehead atoms. The maximum atomic E-state index is 13.0. The molecule has 1 saturated heterocycles. The highest BCUT2D eigenvalue weighted by Crippen LogP contribution is 2.42. The Bertz CT molecular complexity index is 991. The van der Waals surface area contributed by atoms with Gasteiger partial charge in [-0.2, -0.15) is 5.26 Å². The van der Waals surface area contributed by atoms with Gasteiger partial charge >= 0.3 is 0 Å². The van der Waals surface area contributed by atoms with Crippen molar-refractivity contribution in [2.45, 2.75) is 44.9 Å². The van der Waals surface area contributed by atoms with E-state index in [2.05, 4.69) is 19.2 Å². The van der Waals surface area contributed by atoms with E-state index in [1.807, 2.05) is 67.6 Å². The molecule has 5 nitrogen and oxygen atoms in total. The first-order valence-corrected chi connectivity index (χ1v) is 10.9. The number of hydrogen-bond donors (Lipinski definition) is 1. The summed E-state index contributed by atoms with van der Waals surface area (Å²) in [5.41, 5.74) is 2.74. The number of rotatable bonds is 6. The van der Waals surface area contributed by atoms with Gasteiger partial charge in [-0.3, -0.25) is 14.5 Å². The van der Waals surface area contributed by atoms with E-state index in [0.29, 0.717) is 29.6 Å². The molecule has 154 valence electrons. The quantitative estimate of drug-likeness (QED) is 0.543. The van der Waals surface area contributed by atoms with Crippen molar-refractivity contribution < 1.29 is 9.59 Å². The summed E-state index contributed by atoms with van der Waals surface area (Å²) in [6.07, 6.45) is 0.623. The number of benzene rings is 2. The number of thioether (sulfide) groups is 1. The van der Waals surface area contributed by atoms with Crippen molar-refractivity contribution in [2.24, 2.45) is 0 Å². The first-order valence-electron chi connectivity index (χ1n) is 10.0. The molecule has 6 heteroatoms. The highest BCUT2D eigenvalue weighted by molar-refractivity contribution is 8.05. The molecule has 1 aliphatic rings. The van der Waals surface area contributed by atoms with E-state index in [-0.39, 0.29) is 16.7 Å². The van der Waals surface area contributed by atoms with E-state index >= 15 is 0 Å². The van der Waals surface area contributed by atoms with E-state index in [0.717, 1.165) is 11.1 Å². The Labute approximate surface area is 181 Å². The third-order valence-corrected chi connectivity index (χ3v) is 6.42. The SMILES string of the molecule is CCC1S/C(=C(/C#N)C(=O)NCc2ccccc2)N(c2ccc(C(C)C)cc2)C1=O. The summed E-state index contributed by atoms with van der Waals surface area (Å²) in [4.78, 5) is 27.3. The van der Waals surface area contributed by atoms with Gasteiger partial charge in [0, 0.05) is 12.2 Å². The zero-order chi connectivity index (χ0) is 21.7. The smallest absolute Gasteiger partial charge is 0.264 e. The Morgan fingerprint density at radius 2 is 1.83 bits per heavy atom. The lowest BCUT2D eigenvalue weighted by atomic mass is 10.0. The van der Waals surface area contributed by atoms with E-state index in [1.54, 1.807) is 0 Å². The Morgan fingerprint density at radius 1 is 1.17 bits per heavy atom. The summed E-state index contributed by atoms with van der Waals surface area (Å²) in [6, 6.07) is 19.3. The molecule has 1 unspecified atom stereocenters. The van der Waals surface area contributed by atoms with Crippen LogP contribution in [0.4, 0.5) is 5.69 Å². The number of carbonyl (C=O) groups is 2. The van der Waals surface area contributed by atoms with Crippen LogP contribution in [-0.2, 0) is 16.1 Å². The molecule has 2 aromatic rings. The summed E-state index contributed by atoms with van der Waals surface area (Å²) in [7, 11) is 0. The minimum Gasteiger partial charge on any atom is -0.347 e. The molecule has 2 aromatic carbocycles. The van der Waals surface area contributed by atoms with Gasteiger partial charge in [0.25, 0.3) is 5.91 Å². The average molecular weight is 420 g/mol. The Balaban J connectivity index is 1.93. The van der Waals surface area contributed by atoms with Gasteiger partial charge in [0.1, 0.15) is 16.7 Å². The lowest BCUT2D eigenvalue weighted by molar-refractivity contribution is -0.117. The van der Waals surface area contributed by atoms with E-state index in [9.17, 15) is 14.9 Å². The van der Waals surface area contributed by atoms with Gasteiger partial charge in [-0.25, -0.2) is 0 Å². The summed E-state index contributed by atoms with van der Waals surface area (Å²) < 4.78 is 0. The minimum atomic E-state index is -0.475. The Hall–Kier alpha value is -3.04. The second kappa shape index (κ2) is 9.64. The standard InChI is InChI=1S/C24H25N3O2S/c1-4-21-23(29)27(19-12-10-18(11-13-19)16(2)3)24(30-21)20(14-25)22(28)26-15-17-8-6-5-7-9-17/h5-13,16,21H,4,15H2,1-3H3,(H,26,28)/b24-20-. The molecule has 0 radical (unpaired) electrons. The topological polar surface area (TPSA) is 73.2 Å². The van der Waals surface area contributed by atoms with Gasteiger partial charge in [0.15, 0.2) is 0 Å². The summed E-state index contributed by atoms with van der Waals surface area (Å²) in [5.74, 6) is -0.199. The minimum absolute atomic E-state index is 0.0341. The van der Waals surface area contributed by atoms with Gasteiger partial charge in [-0.05, 0) is 35.6 Å². The molecule has 0 aromatic heterocycles. The van der Waals surface area contributed by atoms with Crippen molar-refractivity contribution in [3.63, 3.8) is 0 Å². The average Bonchev–Trinajstić information content (AvgIpc) is 3.09. The van der Waals surface area contributed by atoms with Crippen LogP contribution < -0.4 is 10.2 Å². The zero-order valence-corrected chi connectivity index (χ0v) is 18.2. The van der Waals surface area contributed by atoms with E-state index < -0.39 is 5.91 Å². The summed E-state index contributed by atoms with van der Waals surface area (Å²) >= 11 is 1.29. The van der Waals surface area contributed by atoms with Gasteiger partial charge in [-0.15, -0.1) is 0 Å². The predicted octanol–water partition coefficient (Wildman–Crippen LogP) is 4.72.